The van der Waals surface area contributed by atoms with Crippen molar-refractivity contribution in [1.82, 2.24) is 10.0 Å². The molecule has 0 unspecified atom stereocenters. The fourth-order valence-corrected chi connectivity index (χ4v) is 3.74. The molecule has 2 N–H and O–H groups in total. The first-order chi connectivity index (χ1) is 12.7. The van der Waals surface area contributed by atoms with Crippen LogP contribution in [0.3, 0.4) is 0 Å². The van der Waals surface area contributed by atoms with E-state index in [9.17, 15) is 22.0 Å². The molecule has 0 saturated carbocycles. The molecule has 27 heavy (non-hydrogen) atoms. The minimum absolute atomic E-state index is 0.0219. The number of aryl methyl sites for hydroxylation is 2. The molecular weight excluding hydrogens is 378 g/mol. The molecule has 0 radical (unpaired) electrons. The summed E-state index contributed by atoms with van der Waals surface area (Å²) in [4.78, 5) is 12.3. The van der Waals surface area contributed by atoms with Crippen LogP contribution in [0.25, 0.3) is 0 Å². The van der Waals surface area contributed by atoms with Gasteiger partial charge in [0.25, 0.3) is 5.91 Å². The Morgan fingerprint density at radius 1 is 1.11 bits per heavy atom. The van der Waals surface area contributed by atoms with E-state index in [0.717, 1.165) is 5.56 Å². The normalized spacial score (nSPS) is 11.4. The van der Waals surface area contributed by atoms with Crippen LogP contribution in [0.5, 0.6) is 5.75 Å². The van der Waals surface area contributed by atoms with E-state index >= 15 is 0 Å². The molecule has 0 fully saturated rings. The van der Waals surface area contributed by atoms with Crippen LogP contribution >= 0.6 is 0 Å². The van der Waals surface area contributed by atoms with Gasteiger partial charge in [0, 0.05) is 13.1 Å². The van der Waals surface area contributed by atoms with Gasteiger partial charge in [-0.15, -0.1) is 0 Å². The second kappa shape index (κ2) is 8.92. The fraction of sp³-hybridized carbons (Fsp3) is 0.278. The number of hydrogen-bond acceptors (Lipinski definition) is 4. The smallest absolute Gasteiger partial charge is 0.387 e. The zero-order chi connectivity index (χ0) is 20.0. The molecule has 0 aliphatic carbocycles. The Kier molecular flexibility index (Phi) is 6.86. The number of rotatable bonds is 8. The lowest BCUT2D eigenvalue weighted by Crippen LogP contribution is -2.35. The third kappa shape index (κ3) is 5.73. The maximum atomic E-state index is 12.4. The number of carbonyl (C=O) groups is 1. The third-order valence-electron chi connectivity index (χ3n) is 3.68. The number of ether oxygens (including phenoxy) is 1. The Balaban J connectivity index is 1.95. The van der Waals surface area contributed by atoms with Gasteiger partial charge < -0.3 is 10.1 Å². The summed E-state index contributed by atoms with van der Waals surface area (Å²) in [5.41, 5.74) is 1.36. The van der Waals surface area contributed by atoms with Crippen LogP contribution in [0.2, 0.25) is 0 Å². The van der Waals surface area contributed by atoms with Gasteiger partial charge in [-0.25, -0.2) is 13.1 Å². The largest absolute Gasteiger partial charge is 0.434 e. The number of alkyl halides is 2. The zero-order valence-corrected chi connectivity index (χ0v) is 15.6. The van der Waals surface area contributed by atoms with E-state index < -0.39 is 22.5 Å². The van der Waals surface area contributed by atoms with Gasteiger partial charge in [-0.2, -0.15) is 8.78 Å². The Bertz CT molecular complexity index is 917. The molecule has 0 aliphatic heterocycles. The van der Waals surface area contributed by atoms with Crippen molar-refractivity contribution in [3.63, 3.8) is 0 Å². The second-order valence-corrected chi connectivity index (χ2v) is 7.53. The molecular formula is C18H20F2N2O4S. The highest BCUT2D eigenvalue weighted by Gasteiger charge is 2.18. The van der Waals surface area contributed by atoms with Gasteiger partial charge in [0.15, 0.2) is 0 Å². The molecule has 9 heteroatoms. The van der Waals surface area contributed by atoms with Crippen LogP contribution in [-0.2, 0) is 10.0 Å². The van der Waals surface area contributed by atoms with Crippen LogP contribution in [0, 0.1) is 13.8 Å². The molecule has 1 amide bonds. The summed E-state index contributed by atoms with van der Waals surface area (Å²) >= 11 is 0. The molecule has 0 saturated heterocycles. The van der Waals surface area contributed by atoms with Gasteiger partial charge in [-0.3, -0.25) is 4.79 Å². The van der Waals surface area contributed by atoms with Gasteiger partial charge >= 0.3 is 6.61 Å². The molecule has 2 aromatic carbocycles. The highest BCUT2D eigenvalue weighted by Crippen LogP contribution is 2.20. The molecule has 0 bridgehead atoms. The molecule has 2 aromatic rings. The number of carbonyl (C=O) groups excluding carboxylic acids is 1. The SMILES string of the molecule is Cc1ccc(C)c(S(=O)(=O)NCCNC(=O)c2ccccc2OC(F)F)c1. The van der Waals surface area contributed by atoms with Gasteiger partial charge in [0.2, 0.25) is 10.0 Å². The Hall–Kier alpha value is -2.52. The van der Waals surface area contributed by atoms with E-state index in [-0.39, 0.29) is 29.3 Å². The van der Waals surface area contributed by atoms with Crippen LogP contribution in [0.4, 0.5) is 8.78 Å². The molecule has 2 rings (SSSR count). The Morgan fingerprint density at radius 3 is 2.52 bits per heavy atom. The summed E-state index contributed by atoms with van der Waals surface area (Å²) in [7, 11) is -3.73. The monoisotopic (exact) mass is 398 g/mol. The van der Waals surface area contributed by atoms with Gasteiger partial charge in [-0.1, -0.05) is 24.3 Å². The first-order valence-corrected chi connectivity index (χ1v) is 9.58. The maximum absolute atomic E-state index is 12.4. The van der Waals surface area contributed by atoms with Gasteiger partial charge in [-0.05, 0) is 43.2 Å². The van der Waals surface area contributed by atoms with E-state index in [1.165, 1.54) is 24.3 Å². The summed E-state index contributed by atoms with van der Waals surface area (Å²) in [5, 5.41) is 2.47. The van der Waals surface area contributed by atoms with Crippen molar-refractivity contribution >= 4 is 15.9 Å². The van der Waals surface area contributed by atoms with Crippen molar-refractivity contribution in [1.29, 1.82) is 0 Å². The third-order valence-corrected chi connectivity index (χ3v) is 5.29. The highest BCUT2D eigenvalue weighted by molar-refractivity contribution is 7.89. The summed E-state index contributed by atoms with van der Waals surface area (Å²) < 4.78 is 56.2. The molecule has 6 nitrogen and oxygen atoms in total. The van der Waals surface area contributed by atoms with Crippen LogP contribution in [0.1, 0.15) is 21.5 Å². The van der Waals surface area contributed by atoms with Crippen molar-refractivity contribution in [3.8, 4) is 5.75 Å². The van der Waals surface area contributed by atoms with E-state index in [4.69, 9.17) is 0 Å². The standard InChI is InChI=1S/C18H20F2N2O4S/c1-12-7-8-13(2)16(11-12)27(24,25)22-10-9-21-17(23)14-5-3-4-6-15(14)26-18(19)20/h3-8,11,18,22H,9-10H2,1-2H3,(H,21,23). The predicted molar refractivity (Wildman–Crippen MR) is 96.5 cm³/mol. The van der Waals surface area contributed by atoms with Crippen LogP contribution in [-0.4, -0.2) is 34.0 Å². The summed E-state index contributed by atoms with van der Waals surface area (Å²) in [6.07, 6.45) is 0. The van der Waals surface area contributed by atoms with Gasteiger partial charge in [0.05, 0.1) is 10.5 Å². The van der Waals surface area contributed by atoms with E-state index in [1.54, 1.807) is 26.0 Å². The van der Waals surface area contributed by atoms with Crippen molar-refractivity contribution in [2.75, 3.05) is 13.1 Å². The number of amides is 1. The average molecular weight is 398 g/mol. The number of halogens is 2. The molecule has 146 valence electrons. The minimum atomic E-state index is -3.73. The number of benzene rings is 2. The van der Waals surface area contributed by atoms with Crippen molar-refractivity contribution in [2.24, 2.45) is 0 Å². The molecule has 0 aromatic heterocycles. The van der Waals surface area contributed by atoms with Crippen molar-refractivity contribution in [2.45, 2.75) is 25.4 Å². The first-order valence-electron chi connectivity index (χ1n) is 8.09. The highest BCUT2D eigenvalue weighted by atomic mass is 32.2. The fourth-order valence-electron chi connectivity index (χ4n) is 2.38. The van der Waals surface area contributed by atoms with E-state index in [2.05, 4.69) is 14.8 Å². The number of nitrogens with one attached hydrogen (secondary N) is 2. The number of sulfonamides is 1. The van der Waals surface area contributed by atoms with Crippen molar-refractivity contribution < 1.29 is 26.7 Å². The lowest BCUT2D eigenvalue weighted by Gasteiger charge is -2.12. The zero-order valence-electron chi connectivity index (χ0n) is 14.8. The average Bonchev–Trinajstić information content (AvgIpc) is 2.60. The molecule has 0 spiro atoms. The lowest BCUT2D eigenvalue weighted by atomic mass is 10.2. The summed E-state index contributed by atoms with van der Waals surface area (Å²) in [6, 6.07) is 10.7. The molecule has 0 atom stereocenters. The van der Waals surface area contributed by atoms with Crippen LogP contribution < -0.4 is 14.8 Å². The number of para-hydroxylation sites is 1. The van der Waals surface area contributed by atoms with Crippen LogP contribution in [0.15, 0.2) is 47.4 Å². The Morgan fingerprint density at radius 2 is 1.81 bits per heavy atom. The van der Waals surface area contributed by atoms with Gasteiger partial charge in [0.1, 0.15) is 5.75 Å². The minimum Gasteiger partial charge on any atom is -0.434 e. The van der Waals surface area contributed by atoms with E-state index in [1.807, 2.05) is 6.07 Å². The predicted octanol–water partition coefficient (Wildman–Crippen LogP) is 2.61. The summed E-state index contributed by atoms with van der Waals surface area (Å²) in [6.45, 7) is 0.349. The second-order valence-electron chi connectivity index (χ2n) is 5.80. The number of hydrogen-bond donors (Lipinski definition) is 2. The van der Waals surface area contributed by atoms with Crippen molar-refractivity contribution in [3.05, 3.63) is 59.2 Å². The van der Waals surface area contributed by atoms with E-state index in [0.29, 0.717) is 5.56 Å². The lowest BCUT2D eigenvalue weighted by molar-refractivity contribution is -0.0501. The topological polar surface area (TPSA) is 84.5 Å². The first kappa shape index (κ1) is 20.8. The molecule has 0 aliphatic rings. The molecule has 0 heterocycles. The summed E-state index contributed by atoms with van der Waals surface area (Å²) in [5.74, 6) is -0.891. The quantitative estimate of drug-likeness (QED) is 0.670. The maximum Gasteiger partial charge on any atom is 0.387 e. The Labute approximate surface area is 156 Å².